The number of morpholine rings is 1. The summed E-state index contributed by atoms with van der Waals surface area (Å²) < 4.78 is 7.30. The first-order chi connectivity index (χ1) is 12.4. The molecule has 6 nitrogen and oxygen atoms in total. The molecular weight excluding hydrogens is 350 g/mol. The monoisotopic (exact) mass is 377 g/mol. The summed E-state index contributed by atoms with van der Waals surface area (Å²) in [6.45, 7) is 5.89. The van der Waals surface area contributed by atoms with E-state index < -0.39 is 0 Å². The fourth-order valence-electron chi connectivity index (χ4n) is 3.60. The van der Waals surface area contributed by atoms with E-state index in [9.17, 15) is 0 Å². The van der Waals surface area contributed by atoms with Crippen LogP contribution in [0.1, 0.15) is 37.3 Å². The predicted molar refractivity (Wildman–Crippen MR) is 106 cm³/mol. The first-order valence-electron chi connectivity index (χ1n) is 9.44. The van der Waals surface area contributed by atoms with Gasteiger partial charge in [0.1, 0.15) is 5.82 Å². The smallest absolute Gasteiger partial charge is 0.153 e. The molecule has 7 heteroatoms. The van der Waals surface area contributed by atoms with Crippen molar-refractivity contribution in [2.24, 2.45) is 0 Å². The van der Waals surface area contributed by atoms with Crippen LogP contribution in [-0.4, -0.2) is 58.9 Å². The summed E-state index contributed by atoms with van der Waals surface area (Å²) in [6.07, 6.45) is 11.2. The highest BCUT2D eigenvalue weighted by atomic mass is 35.5. The average molecular weight is 378 g/mol. The van der Waals surface area contributed by atoms with Gasteiger partial charge in [-0.1, -0.05) is 12.2 Å². The van der Waals surface area contributed by atoms with Gasteiger partial charge in [-0.25, -0.2) is 9.50 Å². The minimum absolute atomic E-state index is 0. The zero-order valence-corrected chi connectivity index (χ0v) is 16.0. The molecule has 0 radical (unpaired) electrons. The second-order valence-electron chi connectivity index (χ2n) is 6.90. The van der Waals surface area contributed by atoms with Gasteiger partial charge in [0.25, 0.3) is 0 Å². The highest BCUT2D eigenvalue weighted by Crippen LogP contribution is 2.28. The van der Waals surface area contributed by atoms with E-state index in [1.54, 1.807) is 0 Å². The van der Waals surface area contributed by atoms with Gasteiger partial charge < -0.3 is 10.1 Å². The van der Waals surface area contributed by atoms with Crippen molar-refractivity contribution in [2.75, 3.05) is 44.7 Å². The number of imidazole rings is 1. The Hall–Kier alpha value is -1.63. The summed E-state index contributed by atoms with van der Waals surface area (Å²) >= 11 is 0. The highest BCUT2D eigenvalue weighted by molar-refractivity contribution is 5.85. The second kappa shape index (κ2) is 9.35. The highest BCUT2D eigenvalue weighted by Gasteiger charge is 2.16. The summed E-state index contributed by atoms with van der Waals surface area (Å²) in [5.74, 6) is 1.46. The van der Waals surface area contributed by atoms with Crippen molar-refractivity contribution in [1.82, 2.24) is 19.5 Å². The molecule has 2 aromatic heterocycles. The zero-order valence-electron chi connectivity index (χ0n) is 15.1. The lowest BCUT2D eigenvalue weighted by atomic mass is 9.92. The maximum absolute atomic E-state index is 5.38. The van der Waals surface area contributed by atoms with Crippen LogP contribution in [0.15, 0.2) is 30.5 Å². The van der Waals surface area contributed by atoms with E-state index in [0.29, 0.717) is 5.92 Å². The number of aromatic nitrogens is 3. The van der Waals surface area contributed by atoms with Gasteiger partial charge in [0.2, 0.25) is 0 Å². The lowest BCUT2D eigenvalue weighted by Crippen LogP contribution is -2.37. The molecule has 0 spiro atoms. The van der Waals surface area contributed by atoms with Crippen LogP contribution in [0.4, 0.5) is 5.82 Å². The molecule has 3 heterocycles. The fraction of sp³-hybridized carbons (Fsp3) is 0.579. The van der Waals surface area contributed by atoms with Gasteiger partial charge in [0.15, 0.2) is 5.65 Å². The number of fused-ring (bicyclic) bond motifs is 1. The Bertz CT molecular complexity index is 726. The Morgan fingerprint density at radius 2 is 2.08 bits per heavy atom. The van der Waals surface area contributed by atoms with E-state index in [0.717, 1.165) is 70.1 Å². The summed E-state index contributed by atoms with van der Waals surface area (Å²) in [4.78, 5) is 7.22. The van der Waals surface area contributed by atoms with Crippen LogP contribution in [-0.2, 0) is 4.74 Å². The van der Waals surface area contributed by atoms with E-state index in [4.69, 9.17) is 9.72 Å². The van der Waals surface area contributed by atoms with Gasteiger partial charge in [-0.15, -0.1) is 17.5 Å². The van der Waals surface area contributed by atoms with Crippen molar-refractivity contribution in [3.05, 3.63) is 36.2 Å². The molecule has 4 rings (SSSR count). The molecule has 1 unspecified atom stereocenters. The number of nitrogens with zero attached hydrogens (tertiary/aromatic N) is 4. The van der Waals surface area contributed by atoms with E-state index in [1.807, 2.05) is 10.6 Å². The molecule has 1 N–H and O–H groups in total. The number of halogens is 1. The van der Waals surface area contributed by atoms with Crippen LogP contribution in [0.5, 0.6) is 0 Å². The summed E-state index contributed by atoms with van der Waals surface area (Å²) in [5, 5.41) is 8.10. The van der Waals surface area contributed by atoms with Crippen molar-refractivity contribution >= 4 is 23.9 Å². The lowest BCUT2D eigenvalue weighted by Gasteiger charge is -2.26. The predicted octanol–water partition coefficient (Wildman–Crippen LogP) is 3.11. The minimum Gasteiger partial charge on any atom is -0.379 e. The minimum atomic E-state index is 0. The normalized spacial score (nSPS) is 20.8. The van der Waals surface area contributed by atoms with Crippen LogP contribution in [0.2, 0.25) is 0 Å². The zero-order chi connectivity index (χ0) is 16.9. The number of nitrogens with one attached hydrogen (secondary N) is 1. The standard InChI is InChI=1S/C19H27N5O.ClH/c1-2-5-16(6-3-1)17-15-24-19(21-17)8-7-18(22-24)20-9-4-10-23-11-13-25-14-12-23;/h1-2,7-8,15-16H,3-6,9-14H2,(H,20,22);1H. The molecule has 1 aliphatic carbocycles. The summed E-state index contributed by atoms with van der Waals surface area (Å²) in [5.41, 5.74) is 2.10. The molecule has 26 heavy (non-hydrogen) atoms. The van der Waals surface area contributed by atoms with Crippen LogP contribution < -0.4 is 5.32 Å². The molecule has 2 aliphatic rings. The molecule has 1 fully saturated rings. The lowest BCUT2D eigenvalue weighted by molar-refractivity contribution is 0.0378. The molecule has 2 aromatic rings. The number of anilines is 1. The molecule has 1 atom stereocenters. The second-order valence-corrected chi connectivity index (χ2v) is 6.90. The fourth-order valence-corrected chi connectivity index (χ4v) is 3.60. The molecule has 1 saturated heterocycles. The van der Waals surface area contributed by atoms with Crippen LogP contribution in [0.3, 0.4) is 0 Å². The molecule has 0 aromatic carbocycles. The van der Waals surface area contributed by atoms with Crippen molar-refractivity contribution < 1.29 is 4.74 Å². The summed E-state index contributed by atoms with van der Waals surface area (Å²) in [7, 11) is 0. The molecule has 0 saturated carbocycles. The Morgan fingerprint density at radius 3 is 2.88 bits per heavy atom. The first kappa shape index (κ1) is 19.1. The van der Waals surface area contributed by atoms with Crippen LogP contribution in [0, 0.1) is 0 Å². The number of ether oxygens (including phenoxy) is 1. The topological polar surface area (TPSA) is 54.7 Å². The van der Waals surface area contributed by atoms with Gasteiger partial charge in [0, 0.05) is 25.6 Å². The van der Waals surface area contributed by atoms with E-state index in [2.05, 4.69) is 39.7 Å². The van der Waals surface area contributed by atoms with Crippen LogP contribution in [0.25, 0.3) is 5.65 Å². The van der Waals surface area contributed by atoms with Crippen molar-refractivity contribution in [2.45, 2.75) is 31.6 Å². The van der Waals surface area contributed by atoms with Gasteiger partial charge >= 0.3 is 0 Å². The Balaban J connectivity index is 0.00000196. The Morgan fingerprint density at radius 1 is 1.19 bits per heavy atom. The number of rotatable bonds is 6. The third-order valence-corrected chi connectivity index (χ3v) is 5.09. The van der Waals surface area contributed by atoms with Crippen molar-refractivity contribution in [3.8, 4) is 0 Å². The average Bonchev–Trinajstić information content (AvgIpc) is 3.10. The third kappa shape index (κ3) is 4.75. The molecule has 0 amide bonds. The number of hydrogen-bond acceptors (Lipinski definition) is 5. The SMILES string of the molecule is C1=CCC(c2cn3nc(NCCCN4CCOCC4)ccc3n2)CC1.Cl. The van der Waals surface area contributed by atoms with Gasteiger partial charge in [-0.05, 0) is 44.4 Å². The van der Waals surface area contributed by atoms with Gasteiger partial charge in [-0.3, -0.25) is 4.90 Å². The van der Waals surface area contributed by atoms with Crippen LogP contribution >= 0.6 is 12.4 Å². The van der Waals surface area contributed by atoms with Gasteiger partial charge in [-0.2, -0.15) is 0 Å². The van der Waals surface area contributed by atoms with E-state index in [-0.39, 0.29) is 12.4 Å². The number of hydrogen-bond donors (Lipinski definition) is 1. The molecular formula is C19H28ClN5O. The first-order valence-corrected chi connectivity index (χ1v) is 9.44. The van der Waals surface area contributed by atoms with Crippen molar-refractivity contribution in [1.29, 1.82) is 0 Å². The molecule has 0 bridgehead atoms. The third-order valence-electron chi connectivity index (χ3n) is 5.09. The maximum Gasteiger partial charge on any atom is 0.153 e. The van der Waals surface area contributed by atoms with Gasteiger partial charge in [0.05, 0.1) is 25.1 Å². The maximum atomic E-state index is 5.38. The van der Waals surface area contributed by atoms with Crippen molar-refractivity contribution in [3.63, 3.8) is 0 Å². The number of allylic oxidation sites excluding steroid dienone is 2. The Labute approximate surface area is 161 Å². The summed E-state index contributed by atoms with van der Waals surface area (Å²) in [6, 6.07) is 4.08. The van der Waals surface area contributed by atoms with E-state index >= 15 is 0 Å². The molecule has 142 valence electrons. The van der Waals surface area contributed by atoms with E-state index in [1.165, 1.54) is 12.1 Å². The quantitative estimate of drug-likeness (QED) is 0.619. The largest absolute Gasteiger partial charge is 0.379 e. The Kier molecular flexibility index (Phi) is 6.88. The molecule has 1 aliphatic heterocycles.